The highest BCUT2D eigenvalue weighted by Crippen LogP contribution is 2.38. The molecule has 3 heterocycles. The van der Waals surface area contributed by atoms with Crippen molar-refractivity contribution in [1.29, 1.82) is 5.26 Å². The molecule has 1 aromatic carbocycles. The Balaban J connectivity index is 1.99. The number of benzene rings is 1. The van der Waals surface area contributed by atoms with Crippen LogP contribution in [0.2, 0.25) is 5.02 Å². The van der Waals surface area contributed by atoms with Crippen LogP contribution >= 0.6 is 11.6 Å². The van der Waals surface area contributed by atoms with Crippen molar-refractivity contribution < 1.29 is 28.5 Å². The van der Waals surface area contributed by atoms with E-state index < -0.39 is 29.3 Å². The van der Waals surface area contributed by atoms with E-state index in [1.807, 2.05) is 26.8 Å². The molecular weight excluding hydrogens is 764 g/mol. The van der Waals surface area contributed by atoms with Gasteiger partial charge in [-0.3, -0.25) is 4.79 Å². The van der Waals surface area contributed by atoms with Gasteiger partial charge in [0, 0.05) is 25.4 Å². The number of ether oxygens (including phenoxy) is 4. The Morgan fingerprint density at radius 3 is 2.41 bits per heavy atom. The highest BCUT2D eigenvalue weighted by Gasteiger charge is 2.34. The molecule has 16 heteroatoms. The Morgan fingerprint density at radius 1 is 1.16 bits per heavy atom. The van der Waals surface area contributed by atoms with E-state index in [4.69, 9.17) is 35.6 Å². The number of nitrogens with zero attached hydrogens (tertiary/aromatic N) is 7. The summed E-state index contributed by atoms with van der Waals surface area (Å²) < 4.78 is 25.0. The van der Waals surface area contributed by atoms with Crippen LogP contribution in [0.25, 0.3) is 5.69 Å². The van der Waals surface area contributed by atoms with Gasteiger partial charge in [-0.1, -0.05) is 55.8 Å². The number of anilines is 2. The number of nitriles is 1. The molecule has 1 amide bonds. The van der Waals surface area contributed by atoms with Gasteiger partial charge in [0.1, 0.15) is 22.7 Å². The van der Waals surface area contributed by atoms with Crippen LogP contribution in [0.1, 0.15) is 93.3 Å². The Hall–Kier alpha value is -6.40. The minimum absolute atomic E-state index is 0.00532. The second kappa shape index (κ2) is 19.2. The number of amides is 1. The lowest BCUT2D eigenvalue weighted by molar-refractivity contribution is 0.0516. The lowest BCUT2D eigenvalue weighted by Crippen LogP contribution is -2.35. The molecule has 4 aromatic rings. The van der Waals surface area contributed by atoms with Crippen LogP contribution in [0.4, 0.5) is 16.4 Å². The van der Waals surface area contributed by atoms with Crippen LogP contribution in [-0.2, 0) is 20.8 Å². The second-order valence-corrected chi connectivity index (χ2v) is 14.8. The number of carbonyl (C=O) groups is 2. The number of hydrogen-bond acceptors (Lipinski definition) is 12. The second-order valence-electron chi connectivity index (χ2n) is 14.3. The van der Waals surface area contributed by atoms with Crippen molar-refractivity contribution in [2.45, 2.75) is 72.6 Å². The molecule has 0 aliphatic heterocycles. The summed E-state index contributed by atoms with van der Waals surface area (Å²) in [6, 6.07) is 9.44. The lowest BCUT2D eigenvalue weighted by atomic mass is 9.91. The third-order valence-electron chi connectivity index (χ3n) is 8.49. The van der Waals surface area contributed by atoms with E-state index in [-0.39, 0.29) is 53.0 Å². The average Bonchev–Trinajstić information content (AvgIpc) is 3.58. The fourth-order valence-electron chi connectivity index (χ4n) is 5.85. The first-order valence-corrected chi connectivity index (χ1v) is 18.7. The minimum Gasteiger partial charge on any atom is -0.497 e. The molecule has 4 rings (SSSR count). The molecule has 0 aliphatic rings. The van der Waals surface area contributed by atoms with Gasteiger partial charge in [-0.25, -0.2) is 24.2 Å². The van der Waals surface area contributed by atoms with Crippen LogP contribution in [0.15, 0.2) is 83.7 Å². The third-order valence-corrected chi connectivity index (χ3v) is 8.70. The molecule has 1 unspecified atom stereocenters. The maximum Gasteiger partial charge on any atom is 0.416 e. The lowest BCUT2D eigenvalue weighted by Gasteiger charge is -2.25. The quantitative estimate of drug-likeness (QED) is 0.0699. The van der Waals surface area contributed by atoms with Gasteiger partial charge in [0.15, 0.2) is 5.69 Å². The third kappa shape index (κ3) is 10.5. The number of esters is 1. The molecule has 0 aliphatic carbocycles. The number of pyridine rings is 1. The van der Waals surface area contributed by atoms with Crippen molar-refractivity contribution in [2.24, 2.45) is 0 Å². The number of allylic oxidation sites excluding steroid dienone is 4. The Morgan fingerprint density at radius 2 is 1.84 bits per heavy atom. The van der Waals surface area contributed by atoms with Crippen molar-refractivity contribution in [2.75, 3.05) is 38.1 Å². The number of carbonyl (C=O) groups excluding carboxylic acids is 2. The van der Waals surface area contributed by atoms with Gasteiger partial charge >= 0.3 is 12.1 Å². The van der Waals surface area contributed by atoms with Crippen molar-refractivity contribution >= 4 is 35.3 Å². The molecule has 0 saturated heterocycles. The first-order valence-electron chi connectivity index (χ1n) is 18.3. The summed E-state index contributed by atoms with van der Waals surface area (Å²) in [6.45, 7) is 16.6. The number of nitrogens with one attached hydrogen (secondary N) is 1. The van der Waals surface area contributed by atoms with Crippen LogP contribution < -0.4 is 20.5 Å². The maximum absolute atomic E-state index is 14.2. The smallest absolute Gasteiger partial charge is 0.416 e. The molecule has 306 valence electrons. The van der Waals surface area contributed by atoms with Crippen molar-refractivity contribution in [3.05, 3.63) is 122 Å². The highest BCUT2D eigenvalue weighted by atomic mass is 35.5. The zero-order valence-electron chi connectivity index (χ0n) is 34.4. The summed E-state index contributed by atoms with van der Waals surface area (Å²) >= 11 is 6.65. The fraction of sp³-hybridized carbons (Fsp3) is 0.357. The van der Waals surface area contributed by atoms with Gasteiger partial charge < -0.3 is 28.8 Å². The number of halogens is 1. The van der Waals surface area contributed by atoms with Gasteiger partial charge in [0.25, 0.3) is 5.56 Å². The standard InChI is InChI=1S/C42H49ClN8O7/c1-12-30(55-10)19-14-26(5)23-50-24-29(43)20-31(38(50)52)46-34(28-17-15-27(21-44)16-18-28)33-35(39(53)57-13-2)48-51(36(33)25(3)4)32-22-45-40(47-37(32)56-11)49(9)41(54)58-42(6,7)8/h12,14-20,22,24-25,34,46H,1,13,23H2,2-11H3. The van der Waals surface area contributed by atoms with Gasteiger partial charge in [-0.2, -0.15) is 15.3 Å². The Bertz CT molecular complexity index is 2320. The molecule has 58 heavy (non-hydrogen) atoms. The summed E-state index contributed by atoms with van der Waals surface area (Å²) in [4.78, 5) is 51.1. The molecule has 1 atom stereocenters. The zero-order valence-corrected chi connectivity index (χ0v) is 35.2. The molecule has 0 spiro atoms. The minimum atomic E-state index is -0.932. The van der Waals surface area contributed by atoms with Crippen molar-refractivity contribution in [1.82, 2.24) is 24.3 Å². The van der Waals surface area contributed by atoms with Crippen molar-refractivity contribution in [3.8, 4) is 17.6 Å². The summed E-state index contributed by atoms with van der Waals surface area (Å²) in [5.74, 6) is -0.471. The maximum atomic E-state index is 14.2. The first kappa shape index (κ1) is 44.3. The number of aromatic nitrogens is 5. The predicted octanol–water partition coefficient (Wildman–Crippen LogP) is 7.89. The average molecular weight is 813 g/mol. The van der Waals surface area contributed by atoms with Crippen LogP contribution in [0, 0.1) is 11.3 Å². The summed E-state index contributed by atoms with van der Waals surface area (Å²) in [6.07, 6.45) is 7.42. The van der Waals surface area contributed by atoms with E-state index >= 15 is 0 Å². The summed E-state index contributed by atoms with van der Waals surface area (Å²) in [5, 5.41) is 18.1. The van der Waals surface area contributed by atoms with Gasteiger partial charge in [-0.15, -0.1) is 0 Å². The van der Waals surface area contributed by atoms with E-state index in [2.05, 4.69) is 27.9 Å². The van der Waals surface area contributed by atoms with Crippen LogP contribution in [-0.4, -0.2) is 69.9 Å². The Kier molecular flexibility index (Phi) is 14.6. The number of methoxy groups -OCH3 is 2. The van der Waals surface area contributed by atoms with E-state index in [1.54, 1.807) is 64.1 Å². The van der Waals surface area contributed by atoms with E-state index in [9.17, 15) is 19.6 Å². The number of hydrogen-bond donors (Lipinski definition) is 1. The molecular formula is C42H49ClN8O7. The Labute approximate surface area is 343 Å². The monoisotopic (exact) mass is 812 g/mol. The summed E-state index contributed by atoms with van der Waals surface area (Å²) in [5.41, 5.74) is 1.86. The molecule has 0 fully saturated rings. The van der Waals surface area contributed by atoms with E-state index in [0.29, 0.717) is 28.1 Å². The van der Waals surface area contributed by atoms with Crippen LogP contribution in [0.3, 0.4) is 0 Å². The molecule has 3 aromatic heterocycles. The molecule has 0 radical (unpaired) electrons. The van der Waals surface area contributed by atoms with Crippen molar-refractivity contribution in [3.63, 3.8) is 0 Å². The molecule has 1 N–H and O–H groups in total. The number of rotatable bonds is 15. The molecule has 15 nitrogen and oxygen atoms in total. The van der Waals surface area contributed by atoms with Crippen LogP contribution in [0.5, 0.6) is 5.88 Å². The van der Waals surface area contributed by atoms with Gasteiger partial charge in [0.2, 0.25) is 11.8 Å². The van der Waals surface area contributed by atoms with Gasteiger partial charge in [0.05, 0.1) is 55.4 Å². The fourth-order valence-corrected chi connectivity index (χ4v) is 6.08. The first-order chi connectivity index (χ1) is 27.5. The highest BCUT2D eigenvalue weighted by molar-refractivity contribution is 6.30. The zero-order chi connectivity index (χ0) is 42.9. The SMILES string of the molecule is C=CC(=CC=C(C)Cn1cc(Cl)cc(NC(c2ccc(C#N)cc2)c2c(C(=O)OCC)nn(-c3cnc(N(C)C(=O)OC(C)(C)C)nc3OC)c2C(C)C)c1=O)OC. The van der Waals surface area contributed by atoms with Gasteiger partial charge in [-0.05, 0) is 76.5 Å². The van der Waals surface area contributed by atoms with E-state index in [1.165, 1.54) is 49.0 Å². The molecule has 0 saturated carbocycles. The summed E-state index contributed by atoms with van der Waals surface area (Å²) in [7, 11) is 4.42. The molecule has 0 bridgehead atoms. The largest absolute Gasteiger partial charge is 0.497 e. The predicted molar refractivity (Wildman–Crippen MR) is 222 cm³/mol. The topological polar surface area (TPSA) is 176 Å². The normalized spacial score (nSPS) is 12.4. The van der Waals surface area contributed by atoms with E-state index in [0.717, 1.165) is 10.5 Å².